The lowest BCUT2D eigenvalue weighted by molar-refractivity contribution is -0.160. The molecule has 4 heterocycles. The number of aromatic hydroxyl groups is 3. The van der Waals surface area contributed by atoms with Crippen LogP contribution in [0, 0.1) is 30.6 Å². The van der Waals surface area contributed by atoms with Gasteiger partial charge in [-0.1, -0.05) is 45.9 Å². The highest BCUT2D eigenvalue weighted by molar-refractivity contribution is 6.23. The maximum atomic E-state index is 14.4. The molecule has 4 aliphatic rings. The Hall–Kier alpha value is -5.16. The SMILES string of the molecule is CO[C@H]1/C=C/O[C@@]2(C)Oc3c(C)c(O)c4c(O)c(c(C=NN5CCN(C)CC5)c(O)c4c3C2=O)NC(=O)/C(C)=C\C=C\[C@H](C)[C@H](O)[C@@H](C)[C@@H](O)[C@H](C)[C@H](OC(C)=O)[C@H]1C. The zero-order valence-electron chi connectivity index (χ0n) is 35.3. The highest BCUT2D eigenvalue weighted by atomic mass is 16.7. The summed E-state index contributed by atoms with van der Waals surface area (Å²) in [6.45, 7) is 15.1. The number of allylic oxidation sites excluding steroid dienone is 2. The molecule has 322 valence electrons. The van der Waals surface area contributed by atoms with E-state index >= 15 is 0 Å². The van der Waals surface area contributed by atoms with Crippen LogP contribution in [0.15, 0.2) is 41.2 Å². The van der Waals surface area contributed by atoms with Gasteiger partial charge in [-0.25, -0.2) is 0 Å². The fourth-order valence-corrected chi connectivity index (χ4v) is 7.92. The minimum absolute atomic E-state index is 0.0559. The number of carbonyl (C=O) groups excluding carboxylic acids is 3. The molecular formula is C43H58N4O12. The molecule has 5 bridgehead atoms. The highest BCUT2D eigenvalue weighted by Gasteiger charge is 2.50. The predicted molar refractivity (Wildman–Crippen MR) is 220 cm³/mol. The number of phenols is 3. The van der Waals surface area contributed by atoms with Crippen LogP contribution < -0.4 is 10.1 Å². The summed E-state index contributed by atoms with van der Waals surface area (Å²) in [5, 5.41) is 66.8. The van der Waals surface area contributed by atoms with E-state index in [2.05, 4.69) is 15.3 Å². The number of rotatable bonds is 4. The number of methoxy groups -OCH3 is 1. The maximum absolute atomic E-state index is 14.4. The van der Waals surface area contributed by atoms with Crippen LogP contribution in [0.2, 0.25) is 0 Å². The van der Waals surface area contributed by atoms with Gasteiger partial charge in [0.25, 0.3) is 11.7 Å². The van der Waals surface area contributed by atoms with Crippen molar-refractivity contribution in [1.29, 1.82) is 0 Å². The number of anilines is 1. The molecule has 0 aromatic heterocycles. The quantitative estimate of drug-likeness (QED) is 0.109. The second kappa shape index (κ2) is 18.0. The standard InChI is InChI=1S/C43H58N4O12/c1-21-12-11-13-22(2)42(55)45-33-28(20-44-47-17-15-46(9)16-18-47)37(52)30-31(38(33)53)36(51)26(6)40-32(30)41(54)43(8,59-40)57-19-14-29(56-10)23(3)39(58-27(7)48)25(5)35(50)24(4)34(21)49/h11-14,19-21,23-25,29,34-35,39,49-53H,15-18H2,1-10H3,(H,45,55)/b12-11+,19-14+,22-13-,44-20?/t21-,23-,24+,25-,29-,34-,35+,39+,43-/m0/s1. The van der Waals surface area contributed by atoms with E-state index in [0.29, 0.717) is 13.1 Å². The third kappa shape index (κ3) is 8.91. The van der Waals surface area contributed by atoms with Crippen molar-refractivity contribution in [2.24, 2.45) is 28.8 Å². The zero-order chi connectivity index (χ0) is 43.7. The van der Waals surface area contributed by atoms with Crippen LogP contribution in [-0.2, 0) is 23.8 Å². The van der Waals surface area contributed by atoms with Crippen molar-refractivity contribution in [3.05, 3.63) is 52.8 Å². The Kier molecular flexibility index (Phi) is 13.7. The van der Waals surface area contributed by atoms with Gasteiger partial charge >= 0.3 is 11.8 Å². The minimum Gasteiger partial charge on any atom is -0.507 e. The average molecular weight is 823 g/mol. The minimum atomic E-state index is -2.04. The summed E-state index contributed by atoms with van der Waals surface area (Å²) in [7, 11) is 3.42. The first-order valence-electron chi connectivity index (χ1n) is 19.8. The molecule has 1 saturated heterocycles. The van der Waals surface area contributed by atoms with Gasteiger partial charge in [-0.15, -0.1) is 0 Å². The molecule has 6 rings (SSSR count). The monoisotopic (exact) mass is 822 g/mol. The summed E-state index contributed by atoms with van der Waals surface area (Å²) in [4.78, 5) is 42.6. The summed E-state index contributed by atoms with van der Waals surface area (Å²) in [5.74, 6) is -8.34. The van der Waals surface area contributed by atoms with Crippen LogP contribution in [0.1, 0.15) is 70.0 Å². The second-order valence-electron chi connectivity index (χ2n) is 16.1. The van der Waals surface area contributed by atoms with Gasteiger partial charge in [-0.3, -0.25) is 19.4 Å². The van der Waals surface area contributed by atoms with E-state index in [1.807, 2.05) is 7.05 Å². The van der Waals surface area contributed by atoms with Crippen LogP contribution >= 0.6 is 0 Å². The van der Waals surface area contributed by atoms with Crippen LogP contribution in [0.3, 0.4) is 0 Å². The Morgan fingerprint density at radius 1 is 0.949 bits per heavy atom. The predicted octanol–water partition coefficient (Wildman–Crippen LogP) is 4.34. The van der Waals surface area contributed by atoms with Gasteiger partial charge in [0.15, 0.2) is 5.75 Å². The number of aliphatic hydroxyl groups excluding tert-OH is 2. The van der Waals surface area contributed by atoms with Crippen molar-refractivity contribution in [1.82, 2.24) is 9.91 Å². The number of ether oxygens (including phenoxy) is 4. The third-order valence-electron chi connectivity index (χ3n) is 11.9. The molecule has 0 saturated carbocycles. The van der Waals surface area contributed by atoms with Gasteiger partial charge in [-0.2, -0.15) is 5.10 Å². The molecule has 2 aromatic rings. The number of benzene rings is 2. The van der Waals surface area contributed by atoms with Gasteiger partial charge in [0.2, 0.25) is 0 Å². The molecule has 1 fully saturated rings. The Morgan fingerprint density at radius 3 is 2.24 bits per heavy atom. The molecule has 6 N–H and O–H groups in total. The normalized spacial score (nSPS) is 32.1. The van der Waals surface area contributed by atoms with Crippen LogP contribution in [-0.4, -0.2) is 130 Å². The van der Waals surface area contributed by atoms with Gasteiger partial charge in [-0.05, 0) is 27.0 Å². The number of amides is 1. The Bertz CT molecular complexity index is 2070. The molecule has 16 nitrogen and oxygen atoms in total. The number of ketones is 1. The lowest BCUT2D eigenvalue weighted by atomic mass is 9.78. The largest absolute Gasteiger partial charge is 0.507 e. The fourth-order valence-electron chi connectivity index (χ4n) is 7.92. The summed E-state index contributed by atoms with van der Waals surface area (Å²) < 4.78 is 23.6. The number of fused-ring (bicyclic) bond motifs is 14. The second-order valence-corrected chi connectivity index (χ2v) is 16.1. The molecule has 0 unspecified atom stereocenters. The number of hydrogen-bond donors (Lipinski definition) is 6. The Balaban J connectivity index is 1.70. The number of aliphatic hydroxyl groups is 2. The van der Waals surface area contributed by atoms with E-state index < -0.39 is 88.8 Å². The molecule has 4 aliphatic heterocycles. The van der Waals surface area contributed by atoms with Crippen molar-refractivity contribution >= 4 is 40.3 Å². The first kappa shape index (κ1) is 44.9. The molecule has 16 heteroatoms. The number of nitrogens with zero attached hydrogens (tertiary/aromatic N) is 3. The lowest BCUT2D eigenvalue weighted by Gasteiger charge is -2.38. The number of carbonyl (C=O) groups is 3. The molecule has 0 radical (unpaired) electrons. The van der Waals surface area contributed by atoms with Gasteiger partial charge in [0.05, 0.1) is 53.0 Å². The molecule has 0 aliphatic carbocycles. The van der Waals surface area contributed by atoms with Gasteiger partial charge < -0.3 is 54.7 Å². The van der Waals surface area contributed by atoms with Crippen LogP contribution in [0.5, 0.6) is 23.0 Å². The summed E-state index contributed by atoms with van der Waals surface area (Å²) >= 11 is 0. The van der Waals surface area contributed by atoms with E-state index in [-0.39, 0.29) is 44.5 Å². The molecule has 59 heavy (non-hydrogen) atoms. The zero-order valence-corrected chi connectivity index (χ0v) is 35.3. The van der Waals surface area contributed by atoms with E-state index in [4.69, 9.17) is 18.9 Å². The number of likely N-dealkylation sites (N-methyl/N-ethyl adjacent to an activating group) is 1. The summed E-state index contributed by atoms with van der Waals surface area (Å²) in [5.41, 5.74) is -0.350. The number of hydrazone groups is 1. The average Bonchev–Trinajstić information content (AvgIpc) is 3.46. The molecule has 1 amide bonds. The molecule has 9 atom stereocenters. The third-order valence-corrected chi connectivity index (χ3v) is 11.9. The van der Waals surface area contributed by atoms with E-state index in [1.165, 1.54) is 59.4 Å². The van der Waals surface area contributed by atoms with Crippen molar-refractivity contribution in [3.63, 3.8) is 0 Å². The van der Waals surface area contributed by atoms with Crippen molar-refractivity contribution in [2.75, 3.05) is 45.7 Å². The van der Waals surface area contributed by atoms with Crippen molar-refractivity contribution in [2.45, 2.75) is 85.6 Å². The fraction of sp³-hybridized carbons (Fsp3) is 0.535. The number of piperazine rings is 1. The van der Waals surface area contributed by atoms with E-state index in [1.54, 1.807) is 44.9 Å². The molecular weight excluding hydrogens is 764 g/mol. The Morgan fingerprint density at radius 2 is 1.61 bits per heavy atom. The van der Waals surface area contributed by atoms with Crippen LogP contribution in [0.4, 0.5) is 5.69 Å². The summed E-state index contributed by atoms with van der Waals surface area (Å²) in [6.07, 6.45) is 4.86. The van der Waals surface area contributed by atoms with Gasteiger partial charge in [0, 0.05) is 87.3 Å². The summed E-state index contributed by atoms with van der Waals surface area (Å²) in [6, 6.07) is 0. The first-order valence-corrected chi connectivity index (χ1v) is 19.8. The van der Waals surface area contributed by atoms with Crippen LogP contribution in [0.25, 0.3) is 10.8 Å². The topological polar surface area (TPSA) is 220 Å². The molecule has 2 aromatic carbocycles. The molecule has 0 spiro atoms. The Labute approximate surface area is 344 Å². The highest BCUT2D eigenvalue weighted by Crippen LogP contribution is 2.55. The maximum Gasteiger partial charge on any atom is 0.312 e. The number of nitrogens with one attached hydrogen (secondary N) is 1. The van der Waals surface area contributed by atoms with E-state index in [9.17, 15) is 39.9 Å². The number of phenolic OH excluding ortho intramolecular Hbond substituents is 3. The first-order chi connectivity index (χ1) is 27.7. The lowest BCUT2D eigenvalue weighted by Crippen LogP contribution is -2.46. The van der Waals surface area contributed by atoms with E-state index in [0.717, 1.165) is 13.1 Å². The number of esters is 1. The van der Waals surface area contributed by atoms with Crippen molar-refractivity contribution in [3.8, 4) is 23.0 Å². The van der Waals surface area contributed by atoms with Crippen molar-refractivity contribution < 1.29 is 58.9 Å². The van der Waals surface area contributed by atoms with Gasteiger partial charge in [0.1, 0.15) is 23.4 Å². The number of Topliss-reactive ketones (excluding diaryl/α,β-unsaturated/α-hetero) is 1. The smallest absolute Gasteiger partial charge is 0.312 e. The number of hydrogen-bond acceptors (Lipinski definition) is 15.